The Morgan fingerprint density at radius 1 is 1.35 bits per heavy atom. The summed E-state index contributed by atoms with van der Waals surface area (Å²) in [5, 5.41) is 10.9. The normalized spacial score (nSPS) is 22.6. The average molecular weight is 289 g/mol. The number of nitrogens with one attached hydrogen (secondary N) is 1. The number of amides is 1. The summed E-state index contributed by atoms with van der Waals surface area (Å²) in [5.41, 5.74) is -0.756. The summed E-state index contributed by atoms with van der Waals surface area (Å²) in [4.78, 5) is 10.5. The van der Waals surface area contributed by atoms with E-state index in [4.69, 9.17) is 9.84 Å². The molecule has 0 radical (unpaired) electrons. The Morgan fingerprint density at radius 2 is 2.10 bits per heavy atom. The summed E-state index contributed by atoms with van der Waals surface area (Å²) < 4.78 is 43.2. The van der Waals surface area contributed by atoms with E-state index < -0.39 is 17.8 Å². The van der Waals surface area contributed by atoms with Crippen LogP contribution in [-0.2, 0) is 6.18 Å². The second-order valence-corrected chi connectivity index (χ2v) is 4.72. The Balaban J connectivity index is 1.96. The van der Waals surface area contributed by atoms with Crippen LogP contribution in [0, 0.1) is 0 Å². The van der Waals surface area contributed by atoms with E-state index in [1.165, 1.54) is 12.1 Å². The highest BCUT2D eigenvalue weighted by molar-refractivity contribution is 5.64. The molecule has 0 saturated heterocycles. The molecule has 7 heteroatoms. The Hall–Kier alpha value is -1.92. The van der Waals surface area contributed by atoms with Crippen molar-refractivity contribution in [2.24, 2.45) is 0 Å². The Morgan fingerprint density at radius 3 is 2.75 bits per heavy atom. The van der Waals surface area contributed by atoms with Gasteiger partial charge in [-0.25, -0.2) is 4.79 Å². The molecule has 0 aromatic heterocycles. The van der Waals surface area contributed by atoms with Crippen LogP contribution in [0.1, 0.15) is 24.8 Å². The lowest BCUT2D eigenvalue weighted by atomic mass is 10.2. The molecule has 4 nitrogen and oxygen atoms in total. The van der Waals surface area contributed by atoms with E-state index in [0.717, 1.165) is 12.1 Å². The quantitative estimate of drug-likeness (QED) is 0.897. The molecule has 2 rings (SSSR count). The molecule has 0 bridgehead atoms. The average Bonchev–Trinajstić information content (AvgIpc) is 2.75. The number of hydrogen-bond acceptors (Lipinski definition) is 2. The van der Waals surface area contributed by atoms with Gasteiger partial charge in [0.15, 0.2) is 0 Å². The van der Waals surface area contributed by atoms with Crippen molar-refractivity contribution >= 4 is 6.09 Å². The molecule has 1 aliphatic rings. The van der Waals surface area contributed by atoms with Gasteiger partial charge in [-0.3, -0.25) is 0 Å². The van der Waals surface area contributed by atoms with Gasteiger partial charge in [-0.2, -0.15) is 13.2 Å². The lowest BCUT2D eigenvalue weighted by Crippen LogP contribution is -2.32. The maximum absolute atomic E-state index is 12.6. The zero-order chi connectivity index (χ0) is 14.8. The fraction of sp³-hybridized carbons (Fsp3) is 0.462. The van der Waals surface area contributed by atoms with Crippen molar-refractivity contribution in [1.29, 1.82) is 0 Å². The highest BCUT2D eigenvalue weighted by Crippen LogP contribution is 2.32. The highest BCUT2D eigenvalue weighted by Gasteiger charge is 2.31. The van der Waals surface area contributed by atoms with E-state index in [2.05, 4.69) is 5.32 Å². The molecule has 1 amide bonds. The topological polar surface area (TPSA) is 58.6 Å². The molecule has 0 unspecified atom stereocenters. The fourth-order valence-electron chi connectivity index (χ4n) is 2.29. The van der Waals surface area contributed by atoms with Gasteiger partial charge in [-0.1, -0.05) is 6.07 Å². The first kappa shape index (κ1) is 14.5. The molecule has 2 N–H and O–H groups in total. The van der Waals surface area contributed by atoms with Gasteiger partial charge in [0.1, 0.15) is 11.9 Å². The van der Waals surface area contributed by atoms with Crippen molar-refractivity contribution in [3.05, 3.63) is 29.8 Å². The molecule has 0 heterocycles. The minimum atomic E-state index is -4.40. The van der Waals surface area contributed by atoms with Crippen molar-refractivity contribution in [1.82, 2.24) is 5.32 Å². The Bertz CT molecular complexity index is 490. The van der Waals surface area contributed by atoms with Crippen LogP contribution in [0.5, 0.6) is 5.75 Å². The smallest absolute Gasteiger partial charge is 0.416 e. The van der Waals surface area contributed by atoms with E-state index in [1.807, 2.05) is 0 Å². The first-order valence-electron chi connectivity index (χ1n) is 6.18. The number of benzene rings is 1. The van der Waals surface area contributed by atoms with E-state index >= 15 is 0 Å². The van der Waals surface area contributed by atoms with Crippen LogP contribution < -0.4 is 10.1 Å². The molecular formula is C13H14F3NO3. The van der Waals surface area contributed by atoms with Crippen LogP contribution in [0.15, 0.2) is 24.3 Å². The summed E-state index contributed by atoms with van der Waals surface area (Å²) in [6.45, 7) is 0. The van der Waals surface area contributed by atoms with E-state index in [0.29, 0.717) is 19.3 Å². The summed E-state index contributed by atoms with van der Waals surface area (Å²) in [6.07, 6.45) is -4.08. The maximum Gasteiger partial charge on any atom is 0.416 e. The SMILES string of the molecule is O=C(O)N[C@H]1CC[C@H](Oc2cccc(C(F)(F)F)c2)C1. The molecule has 110 valence electrons. The molecule has 1 aliphatic carbocycles. The van der Waals surface area contributed by atoms with Crippen molar-refractivity contribution in [3.63, 3.8) is 0 Å². The summed E-state index contributed by atoms with van der Waals surface area (Å²) in [5.74, 6) is 0.154. The van der Waals surface area contributed by atoms with E-state index in [1.54, 1.807) is 0 Å². The first-order chi connectivity index (χ1) is 9.34. The lowest BCUT2D eigenvalue weighted by Gasteiger charge is -2.15. The van der Waals surface area contributed by atoms with Gasteiger partial charge in [0.05, 0.1) is 5.56 Å². The number of ether oxygens (including phenoxy) is 1. The molecule has 1 saturated carbocycles. The molecule has 1 fully saturated rings. The van der Waals surface area contributed by atoms with E-state index in [-0.39, 0.29) is 17.9 Å². The van der Waals surface area contributed by atoms with Crippen LogP contribution in [0.4, 0.5) is 18.0 Å². The maximum atomic E-state index is 12.6. The second-order valence-electron chi connectivity index (χ2n) is 4.72. The van der Waals surface area contributed by atoms with Gasteiger partial charge in [0.2, 0.25) is 0 Å². The monoisotopic (exact) mass is 289 g/mol. The number of alkyl halides is 3. The minimum absolute atomic E-state index is 0.154. The summed E-state index contributed by atoms with van der Waals surface area (Å²) in [7, 11) is 0. The number of rotatable bonds is 3. The number of carbonyl (C=O) groups is 1. The zero-order valence-electron chi connectivity index (χ0n) is 10.5. The van der Waals surface area contributed by atoms with Gasteiger partial charge in [0, 0.05) is 12.5 Å². The molecular weight excluding hydrogens is 275 g/mol. The first-order valence-corrected chi connectivity index (χ1v) is 6.18. The Labute approximate surface area is 113 Å². The van der Waals surface area contributed by atoms with Gasteiger partial charge in [-0.15, -0.1) is 0 Å². The molecule has 2 atom stereocenters. The highest BCUT2D eigenvalue weighted by atomic mass is 19.4. The van der Waals surface area contributed by atoms with Gasteiger partial charge >= 0.3 is 12.3 Å². The van der Waals surface area contributed by atoms with Crippen LogP contribution in [0.25, 0.3) is 0 Å². The van der Waals surface area contributed by atoms with Crippen molar-refractivity contribution in [2.75, 3.05) is 0 Å². The zero-order valence-corrected chi connectivity index (χ0v) is 10.5. The van der Waals surface area contributed by atoms with E-state index in [9.17, 15) is 18.0 Å². The standard InChI is InChI=1S/C13H14F3NO3/c14-13(15,16)8-2-1-3-10(6-8)20-11-5-4-9(7-11)17-12(18)19/h1-3,6,9,11,17H,4-5,7H2,(H,18,19)/t9-,11-/m0/s1. The largest absolute Gasteiger partial charge is 0.490 e. The third kappa shape index (κ3) is 3.79. The predicted molar refractivity (Wildman–Crippen MR) is 64.7 cm³/mol. The Kier molecular flexibility index (Phi) is 4.06. The third-order valence-corrected chi connectivity index (χ3v) is 3.18. The lowest BCUT2D eigenvalue weighted by molar-refractivity contribution is -0.137. The molecule has 1 aromatic carbocycles. The molecule has 20 heavy (non-hydrogen) atoms. The van der Waals surface area contributed by atoms with Crippen LogP contribution in [0.2, 0.25) is 0 Å². The second kappa shape index (κ2) is 5.60. The molecule has 0 spiro atoms. The number of halogens is 3. The fourth-order valence-corrected chi connectivity index (χ4v) is 2.29. The summed E-state index contributed by atoms with van der Waals surface area (Å²) in [6, 6.07) is 4.49. The van der Waals surface area contributed by atoms with Crippen LogP contribution >= 0.6 is 0 Å². The summed E-state index contributed by atoms with van der Waals surface area (Å²) >= 11 is 0. The van der Waals surface area contributed by atoms with Gasteiger partial charge < -0.3 is 15.2 Å². The number of carboxylic acid groups (broad SMARTS) is 1. The van der Waals surface area contributed by atoms with Crippen molar-refractivity contribution in [3.8, 4) is 5.75 Å². The predicted octanol–water partition coefficient (Wildman–Crippen LogP) is 3.27. The minimum Gasteiger partial charge on any atom is -0.490 e. The molecule has 1 aromatic rings. The van der Waals surface area contributed by atoms with Crippen LogP contribution in [0.3, 0.4) is 0 Å². The third-order valence-electron chi connectivity index (χ3n) is 3.18. The van der Waals surface area contributed by atoms with Crippen LogP contribution in [-0.4, -0.2) is 23.3 Å². The number of hydrogen-bond donors (Lipinski definition) is 2. The van der Waals surface area contributed by atoms with Gasteiger partial charge in [-0.05, 0) is 31.0 Å². The van der Waals surface area contributed by atoms with Crippen molar-refractivity contribution in [2.45, 2.75) is 37.6 Å². The van der Waals surface area contributed by atoms with Gasteiger partial charge in [0.25, 0.3) is 0 Å². The molecule has 0 aliphatic heterocycles. The van der Waals surface area contributed by atoms with Crippen molar-refractivity contribution < 1.29 is 27.8 Å².